The first-order chi connectivity index (χ1) is 9.59. The highest BCUT2D eigenvalue weighted by Crippen LogP contribution is 2.24. The lowest BCUT2D eigenvalue weighted by molar-refractivity contribution is 0.0697. The Labute approximate surface area is 121 Å². The third-order valence-corrected chi connectivity index (χ3v) is 3.91. The number of carbonyl (C=O) groups is 1. The molecule has 1 saturated carbocycles. The molecule has 0 atom stereocenters. The Hall–Kier alpha value is -1.58. The summed E-state index contributed by atoms with van der Waals surface area (Å²) in [7, 11) is 1.92. The molecule has 1 amide bonds. The first-order valence-corrected chi connectivity index (χ1v) is 7.58. The van der Waals surface area contributed by atoms with E-state index in [1.165, 1.54) is 19.3 Å². The van der Waals surface area contributed by atoms with Crippen molar-refractivity contribution in [2.45, 2.75) is 58.0 Å². The quantitative estimate of drug-likeness (QED) is 0.917. The maximum atomic E-state index is 12.7. The molecule has 4 nitrogen and oxygen atoms in total. The Kier molecular flexibility index (Phi) is 4.99. The van der Waals surface area contributed by atoms with Crippen molar-refractivity contribution in [2.75, 3.05) is 12.4 Å². The minimum absolute atomic E-state index is 0.0770. The van der Waals surface area contributed by atoms with E-state index in [4.69, 9.17) is 0 Å². The Morgan fingerprint density at radius 1 is 1.35 bits per heavy atom. The van der Waals surface area contributed by atoms with E-state index in [1.54, 1.807) is 6.20 Å². The minimum Gasteiger partial charge on any atom is -0.367 e. The molecule has 0 aliphatic heterocycles. The van der Waals surface area contributed by atoms with Gasteiger partial charge in [-0.15, -0.1) is 0 Å². The molecule has 1 N–H and O–H groups in total. The van der Waals surface area contributed by atoms with Crippen molar-refractivity contribution in [2.24, 2.45) is 0 Å². The lowest BCUT2D eigenvalue weighted by Gasteiger charge is -2.31. The lowest BCUT2D eigenvalue weighted by Crippen LogP contribution is -2.38. The molecule has 0 bridgehead atoms. The van der Waals surface area contributed by atoms with E-state index in [0.29, 0.717) is 17.4 Å². The summed E-state index contributed by atoms with van der Waals surface area (Å²) in [5, 5.41) is 3.25. The van der Waals surface area contributed by atoms with E-state index in [2.05, 4.69) is 10.3 Å². The van der Waals surface area contributed by atoms with Gasteiger partial charge in [0, 0.05) is 25.3 Å². The van der Waals surface area contributed by atoms with Gasteiger partial charge in [0.2, 0.25) is 0 Å². The molecule has 110 valence electrons. The molecule has 0 saturated heterocycles. The third-order valence-electron chi connectivity index (χ3n) is 3.91. The number of hydrogen-bond acceptors (Lipinski definition) is 3. The molecule has 0 unspecified atom stereocenters. The predicted molar refractivity (Wildman–Crippen MR) is 82.0 cm³/mol. The fraction of sp³-hybridized carbons (Fsp3) is 0.625. The van der Waals surface area contributed by atoms with Crippen LogP contribution in [-0.2, 0) is 0 Å². The van der Waals surface area contributed by atoms with E-state index in [0.717, 1.165) is 12.8 Å². The number of nitrogens with zero attached hydrogens (tertiary/aromatic N) is 2. The largest absolute Gasteiger partial charge is 0.367 e. The molecule has 1 aliphatic rings. The Morgan fingerprint density at radius 2 is 2.05 bits per heavy atom. The van der Waals surface area contributed by atoms with Gasteiger partial charge < -0.3 is 10.2 Å². The number of anilines is 1. The summed E-state index contributed by atoms with van der Waals surface area (Å²) in [6.45, 7) is 4.10. The molecule has 1 aromatic rings. The van der Waals surface area contributed by atoms with Crippen LogP contribution >= 0.6 is 0 Å². The van der Waals surface area contributed by atoms with Gasteiger partial charge in [0.25, 0.3) is 5.91 Å². The standard InChI is InChI=1S/C16H25N3O/c1-12(2)18-15-14(10-7-11-17-15)16(20)19(3)13-8-5-4-6-9-13/h7,10-13H,4-6,8-9H2,1-3H3,(H,17,18). The Morgan fingerprint density at radius 3 is 2.70 bits per heavy atom. The van der Waals surface area contributed by atoms with Gasteiger partial charge in [0.05, 0.1) is 5.56 Å². The van der Waals surface area contributed by atoms with E-state index in [-0.39, 0.29) is 11.9 Å². The minimum atomic E-state index is 0.0770. The number of nitrogens with one attached hydrogen (secondary N) is 1. The fourth-order valence-corrected chi connectivity index (χ4v) is 2.79. The summed E-state index contributed by atoms with van der Waals surface area (Å²) in [6.07, 6.45) is 7.72. The van der Waals surface area contributed by atoms with Crippen LogP contribution in [0.4, 0.5) is 5.82 Å². The highest BCUT2D eigenvalue weighted by molar-refractivity contribution is 5.98. The average molecular weight is 275 g/mol. The monoisotopic (exact) mass is 275 g/mol. The summed E-state index contributed by atoms with van der Waals surface area (Å²) in [4.78, 5) is 18.9. The normalized spacial score (nSPS) is 16.2. The summed E-state index contributed by atoms with van der Waals surface area (Å²) >= 11 is 0. The molecule has 4 heteroatoms. The van der Waals surface area contributed by atoms with Crippen molar-refractivity contribution in [1.82, 2.24) is 9.88 Å². The van der Waals surface area contributed by atoms with Gasteiger partial charge in [-0.05, 0) is 38.8 Å². The highest BCUT2D eigenvalue weighted by Gasteiger charge is 2.24. The maximum Gasteiger partial charge on any atom is 0.257 e. The van der Waals surface area contributed by atoms with Gasteiger partial charge in [-0.3, -0.25) is 4.79 Å². The number of carbonyl (C=O) groups excluding carboxylic acids is 1. The van der Waals surface area contributed by atoms with Crippen LogP contribution in [0, 0.1) is 0 Å². The van der Waals surface area contributed by atoms with Crippen molar-refractivity contribution in [3.8, 4) is 0 Å². The number of amides is 1. The summed E-state index contributed by atoms with van der Waals surface area (Å²) in [5.74, 6) is 0.767. The van der Waals surface area contributed by atoms with E-state index in [9.17, 15) is 4.79 Å². The molecule has 1 aliphatic carbocycles. The Balaban J connectivity index is 2.15. The van der Waals surface area contributed by atoms with Crippen LogP contribution in [0.3, 0.4) is 0 Å². The van der Waals surface area contributed by atoms with Crippen molar-refractivity contribution in [3.05, 3.63) is 23.9 Å². The highest BCUT2D eigenvalue weighted by atomic mass is 16.2. The molecule has 0 radical (unpaired) electrons. The van der Waals surface area contributed by atoms with Crippen LogP contribution in [0.15, 0.2) is 18.3 Å². The molecule has 1 heterocycles. The second-order valence-electron chi connectivity index (χ2n) is 5.91. The Bertz CT molecular complexity index is 453. The van der Waals surface area contributed by atoms with Crippen LogP contribution in [0.2, 0.25) is 0 Å². The topological polar surface area (TPSA) is 45.2 Å². The fourth-order valence-electron chi connectivity index (χ4n) is 2.79. The van der Waals surface area contributed by atoms with Gasteiger partial charge in [-0.25, -0.2) is 4.98 Å². The number of aromatic nitrogens is 1. The number of pyridine rings is 1. The van der Waals surface area contributed by atoms with Crippen molar-refractivity contribution in [3.63, 3.8) is 0 Å². The molecular weight excluding hydrogens is 250 g/mol. The average Bonchev–Trinajstić information content (AvgIpc) is 2.46. The first kappa shape index (κ1) is 14.8. The van der Waals surface area contributed by atoms with Gasteiger partial charge in [0.1, 0.15) is 5.82 Å². The molecule has 2 rings (SSSR count). The summed E-state index contributed by atoms with van der Waals surface area (Å²) in [5.41, 5.74) is 0.675. The smallest absolute Gasteiger partial charge is 0.257 e. The van der Waals surface area contributed by atoms with Gasteiger partial charge in [-0.1, -0.05) is 19.3 Å². The second-order valence-corrected chi connectivity index (χ2v) is 5.91. The number of rotatable bonds is 4. The van der Waals surface area contributed by atoms with Gasteiger partial charge in [-0.2, -0.15) is 0 Å². The molecule has 0 spiro atoms. The van der Waals surface area contributed by atoms with Crippen molar-refractivity contribution >= 4 is 11.7 Å². The van der Waals surface area contributed by atoms with Crippen LogP contribution in [0.25, 0.3) is 0 Å². The number of hydrogen-bond donors (Lipinski definition) is 1. The SMILES string of the molecule is CC(C)Nc1ncccc1C(=O)N(C)C1CCCCC1. The zero-order valence-corrected chi connectivity index (χ0v) is 12.7. The van der Waals surface area contributed by atoms with E-state index >= 15 is 0 Å². The van der Waals surface area contributed by atoms with Crippen molar-refractivity contribution < 1.29 is 4.79 Å². The zero-order chi connectivity index (χ0) is 14.5. The second kappa shape index (κ2) is 6.73. The summed E-state index contributed by atoms with van der Waals surface area (Å²) < 4.78 is 0. The van der Waals surface area contributed by atoms with Crippen LogP contribution in [0.5, 0.6) is 0 Å². The molecule has 0 aromatic carbocycles. The first-order valence-electron chi connectivity index (χ1n) is 7.58. The van der Waals surface area contributed by atoms with Crippen LogP contribution < -0.4 is 5.32 Å². The maximum absolute atomic E-state index is 12.7. The molecule has 1 fully saturated rings. The van der Waals surface area contributed by atoms with Crippen LogP contribution in [0.1, 0.15) is 56.3 Å². The molecule has 1 aromatic heterocycles. The summed E-state index contributed by atoms with van der Waals surface area (Å²) in [6, 6.07) is 4.33. The van der Waals surface area contributed by atoms with E-state index in [1.807, 2.05) is 37.9 Å². The lowest BCUT2D eigenvalue weighted by atomic mass is 9.94. The predicted octanol–water partition coefficient (Wildman–Crippen LogP) is 3.31. The zero-order valence-electron chi connectivity index (χ0n) is 12.7. The third kappa shape index (κ3) is 3.50. The van der Waals surface area contributed by atoms with Crippen LogP contribution in [-0.4, -0.2) is 34.9 Å². The van der Waals surface area contributed by atoms with E-state index < -0.39 is 0 Å². The van der Waals surface area contributed by atoms with Gasteiger partial charge in [0.15, 0.2) is 0 Å². The molecule has 20 heavy (non-hydrogen) atoms. The molecular formula is C16H25N3O. The van der Waals surface area contributed by atoms with Crippen molar-refractivity contribution in [1.29, 1.82) is 0 Å². The van der Waals surface area contributed by atoms with Gasteiger partial charge >= 0.3 is 0 Å².